The second-order valence-electron chi connectivity index (χ2n) is 3.49. The van der Waals surface area contributed by atoms with Crippen molar-refractivity contribution in [2.45, 2.75) is 12.5 Å². The second-order valence-corrected chi connectivity index (χ2v) is 3.49. The Kier molecular flexibility index (Phi) is 9.79. The van der Waals surface area contributed by atoms with E-state index in [9.17, 15) is 9.90 Å². The molecule has 0 fully saturated rings. The molecule has 1 aromatic heterocycles. The molecule has 94 valence electrons. The predicted molar refractivity (Wildman–Crippen MR) is 62.2 cm³/mol. The van der Waals surface area contributed by atoms with Gasteiger partial charge in [-0.1, -0.05) is 18.2 Å². The molecule has 0 saturated heterocycles. The van der Waals surface area contributed by atoms with Crippen LogP contribution in [0.3, 0.4) is 0 Å². The van der Waals surface area contributed by atoms with Crippen molar-refractivity contribution in [2.75, 3.05) is 0 Å². The number of carbonyl (C=O) groups excluding carboxylic acids is 1. The van der Waals surface area contributed by atoms with Crippen LogP contribution < -0.4 is 62.2 Å². The number of H-pyrrole nitrogens is 1. The van der Waals surface area contributed by atoms with Gasteiger partial charge in [0.15, 0.2) is 0 Å². The molecule has 0 amide bonds. The van der Waals surface area contributed by atoms with Gasteiger partial charge in [0, 0.05) is 23.1 Å². The summed E-state index contributed by atoms with van der Waals surface area (Å²) >= 11 is 0. The van der Waals surface area contributed by atoms with E-state index in [1.807, 2.05) is 24.3 Å². The Hall–Kier alpha value is -0.254. The smallest absolute Gasteiger partial charge is 0.548 e. The summed E-state index contributed by atoms with van der Waals surface area (Å²) in [7, 11) is 0. The summed E-state index contributed by atoms with van der Waals surface area (Å²) in [6.07, 6.45) is 2.07. The molecule has 0 aliphatic rings. The van der Waals surface area contributed by atoms with Gasteiger partial charge in [0.25, 0.3) is 0 Å². The van der Waals surface area contributed by atoms with Crippen LogP contribution in [-0.2, 0) is 11.2 Å². The van der Waals surface area contributed by atoms with Gasteiger partial charge in [0.1, 0.15) is 0 Å². The summed E-state index contributed by atoms with van der Waals surface area (Å²) in [6.45, 7) is 0. The van der Waals surface area contributed by atoms with Crippen molar-refractivity contribution in [2.24, 2.45) is 5.73 Å². The zero-order valence-corrected chi connectivity index (χ0v) is 13.2. The van der Waals surface area contributed by atoms with E-state index in [2.05, 4.69) is 4.98 Å². The molecular formula is C11H15KN2O4. The number of fused-ring (bicyclic) bond motifs is 1. The fourth-order valence-corrected chi connectivity index (χ4v) is 1.62. The maximum Gasteiger partial charge on any atom is 1.00 e. The molecule has 1 aromatic carbocycles. The molecule has 1 atom stereocenters. The monoisotopic (exact) mass is 278 g/mol. The van der Waals surface area contributed by atoms with Gasteiger partial charge in [-0.15, -0.1) is 0 Å². The molecule has 0 spiro atoms. The van der Waals surface area contributed by atoms with Crippen molar-refractivity contribution in [3.05, 3.63) is 36.0 Å². The van der Waals surface area contributed by atoms with Crippen LogP contribution in [0.1, 0.15) is 5.56 Å². The second kappa shape index (κ2) is 8.78. The SMILES string of the molecule is N[C@@H](Cc1c[nH]c2ccccc12)C(=O)[O-].O.O.[K+]. The Morgan fingerprint density at radius 3 is 2.56 bits per heavy atom. The van der Waals surface area contributed by atoms with Crippen LogP contribution in [0, 0.1) is 0 Å². The van der Waals surface area contributed by atoms with Crippen molar-refractivity contribution < 1.29 is 72.2 Å². The number of carbonyl (C=O) groups is 1. The average Bonchev–Trinajstić information content (AvgIpc) is 2.62. The topological polar surface area (TPSA) is 145 Å². The molecule has 2 rings (SSSR count). The van der Waals surface area contributed by atoms with Crippen LogP contribution >= 0.6 is 0 Å². The van der Waals surface area contributed by atoms with Crippen molar-refractivity contribution in [3.8, 4) is 0 Å². The first-order valence-electron chi connectivity index (χ1n) is 4.70. The van der Waals surface area contributed by atoms with E-state index in [4.69, 9.17) is 5.73 Å². The van der Waals surface area contributed by atoms with Gasteiger partial charge in [-0.25, -0.2) is 0 Å². The molecule has 0 aliphatic carbocycles. The standard InChI is InChI=1S/C11H12N2O2.K.2H2O/c12-9(11(14)15)5-7-6-13-10-4-2-1-3-8(7)10;;;/h1-4,6,9,13H,5,12H2,(H,14,15);;2*1H2/q;+1;;/p-1/t9-;;;/m0.../s1. The molecule has 0 aliphatic heterocycles. The fourth-order valence-electron chi connectivity index (χ4n) is 1.62. The van der Waals surface area contributed by atoms with Crippen LogP contribution in [0.5, 0.6) is 0 Å². The Balaban J connectivity index is 0. The number of hydrogen-bond acceptors (Lipinski definition) is 3. The largest absolute Gasteiger partial charge is 1.00 e. The molecule has 2 aromatic rings. The van der Waals surface area contributed by atoms with Gasteiger partial charge >= 0.3 is 51.4 Å². The van der Waals surface area contributed by atoms with E-state index in [-0.39, 0.29) is 68.8 Å². The molecule has 7 heteroatoms. The fraction of sp³-hybridized carbons (Fsp3) is 0.182. The van der Waals surface area contributed by atoms with E-state index >= 15 is 0 Å². The maximum absolute atomic E-state index is 10.5. The number of aromatic nitrogens is 1. The summed E-state index contributed by atoms with van der Waals surface area (Å²) in [6, 6.07) is 6.74. The number of benzene rings is 1. The Bertz CT molecular complexity index is 501. The van der Waals surface area contributed by atoms with Gasteiger partial charge in [0.2, 0.25) is 0 Å². The number of rotatable bonds is 3. The zero-order chi connectivity index (χ0) is 10.8. The summed E-state index contributed by atoms with van der Waals surface area (Å²) in [5.41, 5.74) is 7.31. The first kappa shape index (κ1) is 20.1. The third-order valence-corrected chi connectivity index (χ3v) is 2.42. The Labute approximate surface area is 147 Å². The molecule has 0 bridgehead atoms. The van der Waals surface area contributed by atoms with Crippen LogP contribution in [-0.4, -0.2) is 27.9 Å². The average molecular weight is 278 g/mol. The summed E-state index contributed by atoms with van der Waals surface area (Å²) < 4.78 is 0. The van der Waals surface area contributed by atoms with E-state index in [1.54, 1.807) is 6.20 Å². The number of carboxylic acid groups (broad SMARTS) is 1. The summed E-state index contributed by atoms with van der Waals surface area (Å²) in [5.74, 6) is -1.22. The van der Waals surface area contributed by atoms with Crippen molar-refractivity contribution in [3.63, 3.8) is 0 Å². The van der Waals surface area contributed by atoms with E-state index < -0.39 is 12.0 Å². The molecule has 1 heterocycles. The predicted octanol–water partition coefficient (Wildman–Crippen LogP) is -4.86. The summed E-state index contributed by atoms with van der Waals surface area (Å²) in [5, 5.41) is 11.5. The van der Waals surface area contributed by atoms with Crippen LogP contribution in [0.4, 0.5) is 0 Å². The minimum atomic E-state index is -1.22. The molecular weight excluding hydrogens is 263 g/mol. The number of nitrogens with two attached hydrogens (primary N) is 1. The van der Waals surface area contributed by atoms with Crippen LogP contribution in [0.25, 0.3) is 10.9 Å². The molecule has 0 saturated carbocycles. The van der Waals surface area contributed by atoms with Gasteiger partial charge in [0.05, 0.1) is 5.97 Å². The van der Waals surface area contributed by atoms with Gasteiger partial charge < -0.3 is 31.6 Å². The molecule has 18 heavy (non-hydrogen) atoms. The van der Waals surface area contributed by atoms with Crippen LogP contribution in [0.15, 0.2) is 30.5 Å². The normalized spacial score (nSPS) is 10.7. The first-order valence-corrected chi connectivity index (χ1v) is 4.70. The van der Waals surface area contributed by atoms with Crippen molar-refractivity contribution >= 4 is 16.9 Å². The number of carboxylic acids is 1. The third kappa shape index (κ3) is 4.45. The molecule has 0 radical (unpaired) electrons. The number of aromatic amines is 1. The number of nitrogens with one attached hydrogen (secondary N) is 1. The van der Waals surface area contributed by atoms with Crippen LogP contribution in [0.2, 0.25) is 0 Å². The molecule has 0 unspecified atom stereocenters. The zero-order valence-electron chi connectivity index (χ0n) is 10.1. The van der Waals surface area contributed by atoms with Gasteiger partial charge in [-0.05, 0) is 18.1 Å². The number of aliphatic carboxylic acids is 1. The van der Waals surface area contributed by atoms with E-state index in [0.717, 1.165) is 16.5 Å². The number of para-hydroxylation sites is 1. The Morgan fingerprint density at radius 2 is 1.94 bits per heavy atom. The molecule has 7 N–H and O–H groups in total. The maximum atomic E-state index is 10.5. The first-order chi connectivity index (χ1) is 7.18. The van der Waals surface area contributed by atoms with Gasteiger partial charge in [-0.2, -0.15) is 0 Å². The third-order valence-electron chi connectivity index (χ3n) is 2.42. The number of hydrogen-bond donors (Lipinski definition) is 2. The van der Waals surface area contributed by atoms with Crippen molar-refractivity contribution in [1.82, 2.24) is 4.98 Å². The van der Waals surface area contributed by atoms with Crippen molar-refractivity contribution in [1.29, 1.82) is 0 Å². The molecule has 6 nitrogen and oxygen atoms in total. The minimum Gasteiger partial charge on any atom is -0.548 e. The van der Waals surface area contributed by atoms with E-state index in [1.165, 1.54) is 0 Å². The minimum absolute atomic E-state index is 0. The quantitative estimate of drug-likeness (QED) is 0.543. The van der Waals surface area contributed by atoms with E-state index in [0.29, 0.717) is 0 Å². The Morgan fingerprint density at radius 1 is 1.33 bits per heavy atom. The van der Waals surface area contributed by atoms with Gasteiger partial charge in [-0.3, -0.25) is 0 Å². The summed E-state index contributed by atoms with van der Waals surface area (Å²) in [4.78, 5) is 13.6.